The summed E-state index contributed by atoms with van der Waals surface area (Å²) in [4.78, 5) is 10.5. The number of hydrogen-bond donors (Lipinski definition) is 1. The highest BCUT2D eigenvalue weighted by Gasteiger charge is 2.07. The smallest absolute Gasteiger partial charge is 0.307 e. The van der Waals surface area contributed by atoms with Gasteiger partial charge in [-0.1, -0.05) is 30.3 Å². The van der Waals surface area contributed by atoms with Crippen LogP contribution in [0.2, 0.25) is 0 Å². The summed E-state index contributed by atoms with van der Waals surface area (Å²) >= 11 is 0. The maximum atomic E-state index is 10.5. The average molecular weight is 201 g/mol. The highest BCUT2D eigenvalue weighted by atomic mass is 16.4. The lowest BCUT2D eigenvalue weighted by atomic mass is 10.0. The van der Waals surface area contributed by atoms with Gasteiger partial charge in [0.25, 0.3) is 0 Å². The van der Waals surface area contributed by atoms with Crippen molar-refractivity contribution in [2.75, 3.05) is 0 Å². The molecule has 76 valence electrons. The second-order valence-electron chi connectivity index (χ2n) is 3.20. The van der Waals surface area contributed by atoms with E-state index in [1.807, 2.05) is 24.3 Å². The second kappa shape index (κ2) is 4.97. The number of carbonyl (C=O) groups is 1. The average Bonchev–Trinajstić information content (AvgIpc) is 2.19. The van der Waals surface area contributed by atoms with Crippen LogP contribution in [-0.2, 0) is 4.79 Å². The normalized spacial score (nSPS) is 11.5. The van der Waals surface area contributed by atoms with Crippen LogP contribution < -0.4 is 0 Å². The Hall–Kier alpha value is -2.08. The lowest BCUT2D eigenvalue weighted by Crippen LogP contribution is -1.97. The number of rotatable bonds is 3. The van der Waals surface area contributed by atoms with Gasteiger partial charge in [0.2, 0.25) is 0 Å². The van der Waals surface area contributed by atoms with Crippen molar-refractivity contribution in [3.63, 3.8) is 0 Å². The Bertz CT molecular complexity index is 427. The molecule has 0 spiro atoms. The lowest BCUT2D eigenvalue weighted by molar-refractivity contribution is -0.136. The van der Waals surface area contributed by atoms with Crippen molar-refractivity contribution < 1.29 is 9.90 Å². The van der Waals surface area contributed by atoms with E-state index in [9.17, 15) is 4.79 Å². The minimum Gasteiger partial charge on any atom is -0.481 e. The molecule has 0 bridgehead atoms. The monoisotopic (exact) mass is 201 g/mol. The van der Waals surface area contributed by atoms with Crippen LogP contribution in [0.5, 0.6) is 0 Å². The number of carboxylic acids is 1. The number of nitrogens with zero attached hydrogens (tertiary/aromatic N) is 1. The molecule has 3 heteroatoms. The zero-order valence-electron chi connectivity index (χ0n) is 8.40. The summed E-state index contributed by atoms with van der Waals surface area (Å²) in [6, 6.07) is 11.1. The van der Waals surface area contributed by atoms with Crippen molar-refractivity contribution in [3.8, 4) is 6.07 Å². The fourth-order valence-corrected chi connectivity index (χ4v) is 1.33. The van der Waals surface area contributed by atoms with Gasteiger partial charge in [0.05, 0.1) is 18.1 Å². The molecule has 1 aromatic carbocycles. The van der Waals surface area contributed by atoms with Gasteiger partial charge in [0.1, 0.15) is 0 Å². The van der Waals surface area contributed by atoms with Gasteiger partial charge in [0, 0.05) is 0 Å². The second-order valence-corrected chi connectivity index (χ2v) is 3.20. The van der Waals surface area contributed by atoms with Crippen molar-refractivity contribution in [1.82, 2.24) is 0 Å². The van der Waals surface area contributed by atoms with Gasteiger partial charge in [-0.2, -0.15) is 5.26 Å². The summed E-state index contributed by atoms with van der Waals surface area (Å²) < 4.78 is 0. The SMILES string of the molecule is C/C(CC(=O)O)=C(/C#N)c1ccccc1. The first-order valence-corrected chi connectivity index (χ1v) is 4.52. The Labute approximate surface area is 88.3 Å². The van der Waals surface area contributed by atoms with E-state index >= 15 is 0 Å². The van der Waals surface area contributed by atoms with Crippen LogP contribution in [-0.4, -0.2) is 11.1 Å². The molecule has 0 radical (unpaired) electrons. The Morgan fingerprint density at radius 1 is 1.40 bits per heavy atom. The van der Waals surface area contributed by atoms with E-state index in [1.165, 1.54) is 0 Å². The van der Waals surface area contributed by atoms with Crippen molar-refractivity contribution in [3.05, 3.63) is 41.5 Å². The predicted octanol–water partition coefficient (Wildman–Crippen LogP) is 2.46. The van der Waals surface area contributed by atoms with E-state index in [2.05, 4.69) is 0 Å². The maximum Gasteiger partial charge on any atom is 0.307 e. The zero-order valence-corrected chi connectivity index (χ0v) is 8.40. The van der Waals surface area contributed by atoms with Gasteiger partial charge in [-0.3, -0.25) is 4.79 Å². The molecule has 0 amide bonds. The number of nitriles is 1. The number of carboxylic acid groups (broad SMARTS) is 1. The third kappa shape index (κ3) is 2.96. The molecule has 0 saturated carbocycles. The number of aliphatic carboxylic acids is 1. The van der Waals surface area contributed by atoms with Gasteiger partial charge in [-0.05, 0) is 18.1 Å². The van der Waals surface area contributed by atoms with Gasteiger partial charge in [0.15, 0.2) is 0 Å². The number of benzene rings is 1. The van der Waals surface area contributed by atoms with Gasteiger partial charge < -0.3 is 5.11 Å². The summed E-state index contributed by atoms with van der Waals surface area (Å²) in [7, 11) is 0. The van der Waals surface area contributed by atoms with Gasteiger partial charge >= 0.3 is 5.97 Å². The minimum atomic E-state index is -0.920. The molecule has 0 saturated heterocycles. The first kappa shape index (κ1) is 11.0. The molecular formula is C12H11NO2. The molecule has 1 aromatic rings. The van der Waals surface area contributed by atoms with Crippen LogP contribution in [0.1, 0.15) is 18.9 Å². The number of hydrogen-bond acceptors (Lipinski definition) is 2. The van der Waals surface area contributed by atoms with Crippen LogP contribution in [0.25, 0.3) is 5.57 Å². The number of allylic oxidation sites excluding steroid dienone is 1. The largest absolute Gasteiger partial charge is 0.481 e. The van der Waals surface area contributed by atoms with Crippen molar-refractivity contribution in [1.29, 1.82) is 5.26 Å². The quantitative estimate of drug-likeness (QED) is 0.764. The molecule has 0 atom stereocenters. The summed E-state index contributed by atoms with van der Waals surface area (Å²) in [6.07, 6.45) is -0.0994. The molecule has 0 aliphatic carbocycles. The molecule has 0 aromatic heterocycles. The standard InChI is InChI=1S/C12H11NO2/c1-9(7-12(14)15)11(8-13)10-5-3-2-4-6-10/h2-6H,7H2,1H3,(H,14,15)/b11-9+. The molecule has 0 heterocycles. The summed E-state index contributed by atoms with van der Waals surface area (Å²) in [5.41, 5.74) is 1.79. The van der Waals surface area contributed by atoms with Crippen molar-refractivity contribution in [2.24, 2.45) is 0 Å². The van der Waals surface area contributed by atoms with E-state index in [4.69, 9.17) is 10.4 Å². The molecule has 15 heavy (non-hydrogen) atoms. The first-order valence-electron chi connectivity index (χ1n) is 4.52. The maximum absolute atomic E-state index is 10.5. The molecular weight excluding hydrogens is 190 g/mol. The van der Waals surface area contributed by atoms with Crippen LogP contribution in [0.3, 0.4) is 0 Å². The van der Waals surface area contributed by atoms with Crippen LogP contribution in [0, 0.1) is 11.3 Å². The Kier molecular flexibility index (Phi) is 3.64. The highest BCUT2D eigenvalue weighted by Crippen LogP contribution is 2.19. The Morgan fingerprint density at radius 2 is 2.00 bits per heavy atom. The van der Waals surface area contributed by atoms with E-state index in [1.54, 1.807) is 19.1 Å². The summed E-state index contributed by atoms with van der Waals surface area (Å²) in [5, 5.41) is 17.6. The van der Waals surface area contributed by atoms with Crippen LogP contribution in [0.15, 0.2) is 35.9 Å². The van der Waals surface area contributed by atoms with Crippen LogP contribution >= 0.6 is 0 Å². The third-order valence-corrected chi connectivity index (χ3v) is 2.02. The minimum absolute atomic E-state index is 0.0994. The van der Waals surface area contributed by atoms with E-state index in [0.29, 0.717) is 11.1 Å². The van der Waals surface area contributed by atoms with Gasteiger partial charge in [-0.25, -0.2) is 0 Å². The Balaban J connectivity index is 3.09. The zero-order chi connectivity index (χ0) is 11.3. The van der Waals surface area contributed by atoms with E-state index in [0.717, 1.165) is 5.56 Å². The molecule has 0 fully saturated rings. The van der Waals surface area contributed by atoms with Gasteiger partial charge in [-0.15, -0.1) is 0 Å². The topological polar surface area (TPSA) is 61.1 Å². The van der Waals surface area contributed by atoms with E-state index < -0.39 is 5.97 Å². The highest BCUT2D eigenvalue weighted by molar-refractivity contribution is 5.83. The fourth-order valence-electron chi connectivity index (χ4n) is 1.33. The van der Waals surface area contributed by atoms with Crippen molar-refractivity contribution in [2.45, 2.75) is 13.3 Å². The third-order valence-electron chi connectivity index (χ3n) is 2.02. The summed E-state index contributed by atoms with van der Waals surface area (Å²) in [6.45, 7) is 1.67. The van der Waals surface area contributed by atoms with E-state index in [-0.39, 0.29) is 6.42 Å². The van der Waals surface area contributed by atoms with Crippen molar-refractivity contribution >= 4 is 11.5 Å². The fraction of sp³-hybridized carbons (Fsp3) is 0.167. The predicted molar refractivity (Wildman–Crippen MR) is 56.9 cm³/mol. The molecule has 0 unspecified atom stereocenters. The molecule has 0 aliphatic heterocycles. The molecule has 3 nitrogen and oxygen atoms in total. The first-order chi connectivity index (χ1) is 7.15. The Morgan fingerprint density at radius 3 is 2.47 bits per heavy atom. The summed E-state index contributed by atoms with van der Waals surface area (Å²) in [5.74, 6) is -0.920. The molecule has 0 aliphatic rings. The molecule has 1 N–H and O–H groups in total. The van der Waals surface area contributed by atoms with Crippen LogP contribution in [0.4, 0.5) is 0 Å². The molecule has 1 rings (SSSR count). The lowest BCUT2D eigenvalue weighted by Gasteiger charge is -2.02.